The van der Waals surface area contributed by atoms with Crippen LogP contribution in [0, 0.1) is 0 Å². The number of furan rings is 1. The monoisotopic (exact) mass is 591 g/mol. The lowest BCUT2D eigenvalue weighted by Crippen LogP contribution is -2.09. The van der Waals surface area contributed by atoms with Gasteiger partial charge in [-0.3, -0.25) is 0 Å². The Bertz CT molecular complexity index is 2750. The molecule has 0 atom stereocenters. The first-order valence-corrected chi connectivity index (χ1v) is 16.1. The first-order chi connectivity index (χ1) is 22.3. The van der Waals surface area contributed by atoms with Crippen molar-refractivity contribution < 1.29 is 4.42 Å². The van der Waals surface area contributed by atoms with Crippen LogP contribution in [-0.4, -0.2) is 0 Å². The number of hydrogen-bond donors (Lipinski definition) is 0. The minimum atomic E-state index is 0.887. The smallest absolute Gasteiger partial charge is 0.137 e. The van der Waals surface area contributed by atoms with Crippen LogP contribution >= 0.6 is 11.3 Å². The molecule has 10 aromatic rings. The Morgan fingerprint density at radius 2 is 0.800 bits per heavy atom. The lowest BCUT2D eigenvalue weighted by molar-refractivity contribution is 0.669. The van der Waals surface area contributed by atoms with E-state index < -0.39 is 0 Å². The van der Waals surface area contributed by atoms with Crippen LogP contribution in [0.4, 0.5) is 17.1 Å². The second kappa shape index (κ2) is 9.43. The highest BCUT2D eigenvalue weighted by Gasteiger charge is 2.18. The van der Waals surface area contributed by atoms with E-state index in [1.165, 1.54) is 52.5 Å². The molecule has 2 aromatic heterocycles. The molecule has 0 spiro atoms. The van der Waals surface area contributed by atoms with Gasteiger partial charge in [0.1, 0.15) is 11.2 Å². The zero-order chi connectivity index (χ0) is 29.5. The number of rotatable bonds is 3. The predicted octanol–water partition coefficient (Wildman–Crippen LogP) is 12.9. The van der Waals surface area contributed by atoms with Gasteiger partial charge in [0.15, 0.2) is 0 Å². The fourth-order valence-electron chi connectivity index (χ4n) is 7.19. The molecular weight excluding hydrogens is 567 g/mol. The van der Waals surface area contributed by atoms with Crippen LogP contribution in [0.15, 0.2) is 156 Å². The van der Waals surface area contributed by atoms with Crippen molar-refractivity contribution in [1.29, 1.82) is 0 Å². The van der Waals surface area contributed by atoms with E-state index in [-0.39, 0.29) is 0 Å². The Kier molecular flexibility index (Phi) is 5.19. The number of hydrogen-bond acceptors (Lipinski definition) is 3. The van der Waals surface area contributed by atoms with Crippen LogP contribution < -0.4 is 4.90 Å². The molecule has 3 heteroatoms. The average Bonchev–Trinajstić information content (AvgIpc) is 3.66. The van der Waals surface area contributed by atoms with Gasteiger partial charge in [-0.2, -0.15) is 0 Å². The normalized spacial score (nSPS) is 12.0. The molecule has 0 saturated heterocycles. The van der Waals surface area contributed by atoms with Crippen molar-refractivity contribution >= 4 is 103 Å². The largest absolute Gasteiger partial charge is 0.456 e. The molecule has 210 valence electrons. The maximum Gasteiger partial charge on any atom is 0.137 e. The van der Waals surface area contributed by atoms with Crippen molar-refractivity contribution in [1.82, 2.24) is 0 Å². The molecule has 0 bridgehead atoms. The molecule has 0 aliphatic heterocycles. The summed E-state index contributed by atoms with van der Waals surface area (Å²) >= 11 is 1.85. The van der Waals surface area contributed by atoms with Gasteiger partial charge in [0.05, 0.1) is 0 Å². The highest BCUT2D eigenvalue weighted by atomic mass is 32.1. The summed E-state index contributed by atoms with van der Waals surface area (Å²) in [6.45, 7) is 0. The Balaban J connectivity index is 1.26. The van der Waals surface area contributed by atoms with Crippen molar-refractivity contribution in [2.24, 2.45) is 0 Å². The molecule has 0 radical (unpaired) electrons. The molecule has 0 fully saturated rings. The van der Waals surface area contributed by atoms with Crippen LogP contribution in [0.3, 0.4) is 0 Å². The SMILES string of the molecule is c1ccc2c(c1)oc1cc(N(c3ccc4sc5ccccc5c4c3)c3ccc4c5ccccc5c5ccccc5c4c3)ccc12. The summed E-state index contributed by atoms with van der Waals surface area (Å²) in [7, 11) is 0. The number of fused-ring (bicyclic) bond motifs is 12. The predicted molar refractivity (Wildman–Crippen MR) is 194 cm³/mol. The van der Waals surface area contributed by atoms with Gasteiger partial charge in [0.2, 0.25) is 0 Å². The average molecular weight is 592 g/mol. The van der Waals surface area contributed by atoms with Crippen molar-refractivity contribution in [2.75, 3.05) is 4.90 Å². The summed E-state index contributed by atoms with van der Waals surface area (Å²) in [5, 5.41) is 12.5. The number of benzene rings is 8. The molecule has 0 aliphatic carbocycles. The van der Waals surface area contributed by atoms with Gasteiger partial charge in [0, 0.05) is 54.1 Å². The summed E-state index contributed by atoms with van der Waals surface area (Å²) in [5.41, 5.74) is 5.08. The second-order valence-corrected chi connectivity index (χ2v) is 12.8. The van der Waals surface area contributed by atoms with Crippen LogP contribution in [-0.2, 0) is 0 Å². The summed E-state index contributed by atoms with van der Waals surface area (Å²) in [6.07, 6.45) is 0. The lowest BCUT2D eigenvalue weighted by atomic mass is 9.94. The zero-order valence-electron chi connectivity index (χ0n) is 24.2. The highest BCUT2D eigenvalue weighted by Crippen LogP contribution is 2.44. The molecule has 45 heavy (non-hydrogen) atoms. The van der Waals surface area contributed by atoms with Crippen molar-refractivity contribution in [3.05, 3.63) is 152 Å². The van der Waals surface area contributed by atoms with Crippen LogP contribution in [0.25, 0.3) is 74.4 Å². The summed E-state index contributed by atoms with van der Waals surface area (Å²) in [5.74, 6) is 0. The summed E-state index contributed by atoms with van der Waals surface area (Å²) < 4.78 is 8.99. The van der Waals surface area contributed by atoms with Crippen molar-refractivity contribution in [2.45, 2.75) is 0 Å². The summed E-state index contributed by atoms with van der Waals surface area (Å²) in [6, 6.07) is 54.9. The minimum absolute atomic E-state index is 0.887. The molecule has 0 amide bonds. The fourth-order valence-corrected chi connectivity index (χ4v) is 8.28. The third-order valence-electron chi connectivity index (χ3n) is 9.23. The standard InChI is InChI=1S/C42H25NOS/c1-2-11-31-29(9-1)30-10-3-4-12-32(30)37-23-26(17-20-33(31)37)43(27-19-22-42-38(24-27)36-14-6-8-16-41(36)45-42)28-18-21-35-34-13-5-7-15-39(34)44-40(35)25-28/h1-25H. The van der Waals surface area contributed by atoms with Gasteiger partial charge < -0.3 is 9.32 Å². The van der Waals surface area contributed by atoms with Crippen LogP contribution in [0.5, 0.6) is 0 Å². The van der Waals surface area contributed by atoms with Gasteiger partial charge in [0.25, 0.3) is 0 Å². The quantitative estimate of drug-likeness (QED) is 0.190. The Morgan fingerprint density at radius 1 is 0.333 bits per heavy atom. The van der Waals surface area contributed by atoms with Gasteiger partial charge >= 0.3 is 0 Å². The first-order valence-electron chi connectivity index (χ1n) is 15.3. The van der Waals surface area contributed by atoms with Gasteiger partial charge in [-0.25, -0.2) is 0 Å². The third kappa shape index (κ3) is 3.68. The van der Waals surface area contributed by atoms with E-state index in [9.17, 15) is 0 Å². The molecule has 0 saturated carbocycles. The maximum absolute atomic E-state index is 6.38. The van der Waals surface area contributed by atoms with Gasteiger partial charge in [-0.1, -0.05) is 91.0 Å². The lowest BCUT2D eigenvalue weighted by Gasteiger charge is -2.26. The van der Waals surface area contributed by atoms with Crippen molar-refractivity contribution in [3.8, 4) is 0 Å². The van der Waals surface area contributed by atoms with E-state index in [2.05, 4.69) is 144 Å². The van der Waals surface area contributed by atoms with E-state index in [1.54, 1.807) is 0 Å². The molecule has 2 heterocycles. The summed E-state index contributed by atoms with van der Waals surface area (Å²) in [4.78, 5) is 2.38. The highest BCUT2D eigenvalue weighted by molar-refractivity contribution is 7.25. The molecule has 10 rings (SSSR count). The Morgan fingerprint density at radius 3 is 1.53 bits per heavy atom. The molecule has 0 N–H and O–H groups in total. The fraction of sp³-hybridized carbons (Fsp3) is 0. The van der Waals surface area contributed by atoms with Crippen molar-refractivity contribution in [3.63, 3.8) is 0 Å². The zero-order valence-corrected chi connectivity index (χ0v) is 25.0. The second-order valence-electron chi connectivity index (χ2n) is 11.7. The first kappa shape index (κ1) is 24.8. The molecule has 8 aromatic carbocycles. The molecule has 2 nitrogen and oxygen atoms in total. The molecule has 0 unspecified atom stereocenters. The van der Waals surface area contributed by atoms with Gasteiger partial charge in [-0.05, 0) is 86.9 Å². The van der Waals surface area contributed by atoms with E-state index in [0.717, 1.165) is 39.0 Å². The third-order valence-corrected chi connectivity index (χ3v) is 10.4. The molecular formula is C42H25NOS. The van der Waals surface area contributed by atoms with E-state index in [4.69, 9.17) is 4.42 Å². The number of thiophene rings is 1. The van der Waals surface area contributed by atoms with Gasteiger partial charge in [-0.15, -0.1) is 11.3 Å². The maximum atomic E-state index is 6.38. The van der Waals surface area contributed by atoms with E-state index in [1.807, 2.05) is 23.5 Å². The van der Waals surface area contributed by atoms with Crippen LogP contribution in [0.2, 0.25) is 0 Å². The van der Waals surface area contributed by atoms with E-state index in [0.29, 0.717) is 0 Å². The number of para-hydroxylation sites is 1. The minimum Gasteiger partial charge on any atom is -0.456 e. The Labute approximate surface area is 263 Å². The number of nitrogens with zero attached hydrogens (tertiary/aromatic N) is 1. The van der Waals surface area contributed by atoms with E-state index >= 15 is 0 Å². The molecule has 0 aliphatic rings. The Hall–Kier alpha value is -5.64. The number of anilines is 3. The topological polar surface area (TPSA) is 16.4 Å². The van der Waals surface area contributed by atoms with Crippen LogP contribution in [0.1, 0.15) is 0 Å².